The zero-order chi connectivity index (χ0) is 15.0. The highest BCUT2D eigenvalue weighted by Crippen LogP contribution is 2.35. The van der Waals surface area contributed by atoms with Crippen molar-refractivity contribution in [2.75, 3.05) is 11.9 Å². The van der Waals surface area contributed by atoms with Crippen LogP contribution in [-0.4, -0.2) is 30.2 Å². The maximum atomic E-state index is 12.8. The third kappa shape index (κ3) is 2.64. The summed E-state index contributed by atoms with van der Waals surface area (Å²) in [6, 6.07) is 8.41. The molecule has 21 heavy (non-hydrogen) atoms. The lowest BCUT2D eigenvalue weighted by Crippen LogP contribution is -2.52. The predicted molar refractivity (Wildman–Crippen MR) is 83.5 cm³/mol. The molecule has 4 unspecified atom stereocenters. The molecule has 4 heteroatoms. The van der Waals surface area contributed by atoms with Gasteiger partial charge >= 0.3 is 0 Å². The van der Waals surface area contributed by atoms with E-state index in [1.807, 2.05) is 25.1 Å². The molecule has 2 aliphatic rings. The van der Waals surface area contributed by atoms with Crippen molar-refractivity contribution in [2.45, 2.75) is 57.2 Å². The van der Waals surface area contributed by atoms with Gasteiger partial charge in [-0.15, -0.1) is 0 Å². The lowest BCUT2D eigenvalue weighted by molar-refractivity contribution is -0.125. The zero-order valence-electron chi connectivity index (χ0n) is 13.0. The van der Waals surface area contributed by atoms with Crippen molar-refractivity contribution in [3.05, 3.63) is 29.8 Å². The fourth-order valence-corrected chi connectivity index (χ4v) is 3.35. The van der Waals surface area contributed by atoms with Gasteiger partial charge in [0.1, 0.15) is 0 Å². The van der Waals surface area contributed by atoms with E-state index in [0.29, 0.717) is 6.04 Å². The number of anilines is 1. The maximum Gasteiger partial charge on any atom is 0.228 e. The van der Waals surface area contributed by atoms with Crippen LogP contribution in [-0.2, 0) is 9.53 Å². The summed E-state index contributed by atoms with van der Waals surface area (Å²) >= 11 is 0. The first-order valence-electron chi connectivity index (χ1n) is 7.79. The number of amides is 1. The molecule has 2 aliphatic heterocycles. The molecule has 0 aliphatic carbocycles. The van der Waals surface area contributed by atoms with E-state index < -0.39 is 0 Å². The molecule has 1 saturated heterocycles. The van der Waals surface area contributed by atoms with Gasteiger partial charge in [-0.2, -0.15) is 0 Å². The van der Waals surface area contributed by atoms with Crippen LogP contribution in [0.4, 0.5) is 5.69 Å². The monoisotopic (exact) mass is 288 g/mol. The molecule has 4 atom stereocenters. The van der Waals surface area contributed by atoms with Crippen molar-refractivity contribution in [2.24, 2.45) is 0 Å². The van der Waals surface area contributed by atoms with E-state index in [1.54, 1.807) is 0 Å². The van der Waals surface area contributed by atoms with Crippen LogP contribution in [0.3, 0.4) is 0 Å². The average Bonchev–Trinajstić information content (AvgIpc) is 2.77. The zero-order valence-corrected chi connectivity index (χ0v) is 13.0. The van der Waals surface area contributed by atoms with E-state index in [9.17, 15) is 4.79 Å². The third-order valence-corrected chi connectivity index (χ3v) is 4.94. The van der Waals surface area contributed by atoms with Crippen LogP contribution in [0.5, 0.6) is 0 Å². The van der Waals surface area contributed by atoms with Gasteiger partial charge in [0.25, 0.3) is 0 Å². The highest BCUT2D eigenvalue weighted by molar-refractivity contribution is 5.87. The van der Waals surface area contributed by atoms with Crippen LogP contribution < -0.4 is 10.6 Å². The highest BCUT2D eigenvalue weighted by Gasteiger charge is 2.40. The Kier molecular flexibility index (Phi) is 3.66. The Bertz CT molecular complexity index is 545. The lowest BCUT2D eigenvalue weighted by atomic mass is 9.85. The van der Waals surface area contributed by atoms with Crippen LogP contribution in [0.25, 0.3) is 0 Å². The molecule has 114 valence electrons. The molecule has 0 aromatic heterocycles. The first-order valence-corrected chi connectivity index (χ1v) is 7.79. The Labute approximate surface area is 126 Å². The summed E-state index contributed by atoms with van der Waals surface area (Å²) in [6.07, 6.45) is 1.77. The Hall–Kier alpha value is -1.55. The molecule has 0 spiro atoms. The number of hydrogen-bond donors (Lipinski definition) is 2. The molecule has 1 fully saturated rings. The van der Waals surface area contributed by atoms with E-state index in [0.717, 1.165) is 30.7 Å². The summed E-state index contributed by atoms with van der Waals surface area (Å²) in [7, 11) is 0. The van der Waals surface area contributed by atoms with Crippen molar-refractivity contribution >= 4 is 11.6 Å². The Balaban J connectivity index is 1.82. The molecular weight excluding hydrogens is 264 g/mol. The number of benzene rings is 1. The molecule has 2 heterocycles. The van der Waals surface area contributed by atoms with Crippen molar-refractivity contribution in [3.63, 3.8) is 0 Å². The van der Waals surface area contributed by atoms with E-state index in [1.165, 1.54) is 0 Å². The number of nitrogens with one attached hydrogen (secondary N) is 2. The largest absolute Gasteiger partial charge is 0.382 e. The lowest BCUT2D eigenvalue weighted by Gasteiger charge is -2.35. The van der Waals surface area contributed by atoms with Crippen LogP contribution in [0.15, 0.2) is 24.3 Å². The standard InChI is InChI=1S/C17H24N2O2/c1-11-10-14(13-6-4-5-7-15(13)18-11)16(20)19-17(3)8-9-21-12(17)2/h4-7,11-12,14,18H,8-10H2,1-3H3,(H,19,20). The number of ether oxygens (including phenoxy) is 1. The van der Waals surface area contributed by atoms with Crippen LogP contribution in [0, 0.1) is 0 Å². The highest BCUT2D eigenvalue weighted by atomic mass is 16.5. The van der Waals surface area contributed by atoms with Gasteiger partial charge in [-0.1, -0.05) is 18.2 Å². The molecule has 1 amide bonds. The van der Waals surface area contributed by atoms with Gasteiger partial charge < -0.3 is 15.4 Å². The molecule has 0 bridgehead atoms. The number of para-hydroxylation sites is 1. The van der Waals surface area contributed by atoms with Gasteiger partial charge in [-0.05, 0) is 45.2 Å². The molecule has 2 N–H and O–H groups in total. The maximum absolute atomic E-state index is 12.8. The fourth-order valence-electron chi connectivity index (χ4n) is 3.35. The molecule has 3 rings (SSSR count). The number of carbonyl (C=O) groups is 1. The van der Waals surface area contributed by atoms with Gasteiger partial charge in [0, 0.05) is 18.3 Å². The SMILES string of the molecule is CC1CC(C(=O)NC2(C)CCOC2C)c2ccccc2N1. The second-order valence-corrected chi connectivity index (χ2v) is 6.59. The first-order chi connectivity index (χ1) is 9.99. The van der Waals surface area contributed by atoms with Gasteiger partial charge in [0.15, 0.2) is 0 Å². The topological polar surface area (TPSA) is 50.4 Å². The molecule has 0 radical (unpaired) electrons. The second kappa shape index (κ2) is 5.34. The van der Waals surface area contributed by atoms with Crippen LogP contribution >= 0.6 is 0 Å². The van der Waals surface area contributed by atoms with Gasteiger partial charge in [0.2, 0.25) is 5.91 Å². The first kappa shape index (κ1) is 14.4. The van der Waals surface area contributed by atoms with Gasteiger partial charge in [-0.3, -0.25) is 4.79 Å². The van der Waals surface area contributed by atoms with Crippen molar-refractivity contribution < 1.29 is 9.53 Å². The molecular formula is C17H24N2O2. The predicted octanol–water partition coefficient (Wildman–Crippen LogP) is 2.66. The fraction of sp³-hybridized carbons (Fsp3) is 0.588. The molecule has 1 aromatic carbocycles. The van der Waals surface area contributed by atoms with E-state index >= 15 is 0 Å². The third-order valence-electron chi connectivity index (χ3n) is 4.94. The Morgan fingerprint density at radius 3 is 2.86 bits per heavy atom. The van der Waals surface area contributed by atoms with E-state index in [2.05, 4.69) is 30.5 Å². The van der Waals surface area contributed by atoms with E-state index in [4.69, 9.17) is 4.74 Å². The van der Waals surface area contributed by atoms with Crippen molar-refractivity contribution in [3.8, 4) is 0 Å². The minimum absolute atomic E-state index is 0.0656. The number of fused-ring (bicyclic) bond motifs is 1. The van der Waals surface area contributed by atoms with Crippen molar-refractivity contribution in [1.29, 1.82) is 0 Å². The molecule has 4 nitrogen and oxygen atoms in total. The van der Waals surface area contributed by atoms with Crippen LogP contribution in [0.2, 0.25) is 0 Å². The minimum atomic E-state index is -0.250. The summed E-state index contributed by atoms with van der Waals surface area (Å²) in [5.74, 6) is 0.0396. The Morgan fingerprint density at radius 1 is 1.38 bits per heavy atom. The average molecular weight is 288 g/mol. The number of rotatable bonds is 2. The number of carbonyl (C=O) groups excluding carboxylic acids is 1. The quantitative estimate of drug-likeness (QED) is 0.879. The molecule has 1 aromatic rings. The summed E-state index contributed by atoms with van der Waals surface area (Å²) in [5.41, 5.74) is 1.93. The van der Waals surface area contributed by atoms with Gasteiger partial charge in [0.05, 0.1) is 17.6 Å². The smallest absolute Gasteiger partial charge is 0.228 e. The Morgan fingerprint density at radius 2 is 2.14 bits per heavy atom. The van der Waals surface area contributed by atoms with Crippen molar-refractivity contribution in [1.82, 2.24) is 5.32 Å². The van der Waals surface area contributed by atoms with E-state index in [-0.39, 0.29) is 23.5 Å². The summed E-state index contributed by atoms with van der Waals surface area (Å²) in [4.78, 5) is 12.8. The molecule has 0 saturated carbocycles. The summed E-state index contributed by atoms with van der Waals surface area (Å²) in [6.45, 7) is 6.96. The number of hydrogen-bond acceptors (Lipinski definition) is 3. The van der Waals surface area contributed by atoms with Gasteiger partial charge in [-0.25, -0.2) is 0 Å². The summed E-state index contributed by atoms with van der Waals surface area (Å²) < 4.78 is 5.62. The normalized spacial score (nSPS) is 34.9. The second-order valence-electron chi connectivity index (χ2n) is 6.59. The minimum Gasteiger partial charge on any atom is -0.382 e. The summed E-state index contributed by atoms with van der Waals surface area (Å²) in [5, 5.41) is 6.70. The van der Waals surface area contributed by atoms with Crippen LogP contribution in [0.1, 0.15) is 45.1 Å².